The molecule has 4 heteroatoms. The van der Waals surface area contributed by atoms with Crippen LogP contribution in [0.5, 0.6) is 0 Å². The third-order valence-corrected chi connectivity index (χ3v) is 2.81. The molecule has 3 nitrogen and oxygen atoms in total. The molecule has 0 aliphatic rings. The Labute approximate surface area is 104 Å². The van der Waals surface area contributed by atoms with Crippen LogP contribution in [0.2, 0.25) is 5.02 Å². The van der Waals surface area contributed by atoms with Gasteiger partial charge in [-0.2, -0.15) is 5.26 Å². The summed E-state index contributed by atoms with van der Waals surface area (Å²) in [6.45, 7) is 1.80. The highest BCUT2D eigenvalue weighted by Gasteiger charge is 2.09. The predicted octanol–water partition coefficient (Wildman–Crippen LogP) is 2.67. The van der Waals surface area contributed by atoms with Crippen LogP contribution in [0.4, 0.5) is 0 Å². The van der Waals surface area contributed by atoms with E-state index in [4.69, 9.17) is 16.9 Å². The van der Waals surface area contributed by atoms with Crippen LogP contribution in [0, 0.1) is 18.3 Å². The number of hydrogen-bond donors (Lipinski definition) is 0. The van der Waals surface area contributed by atoms with Crippen molar-refractivity contribution in [1.29, 1.82) is 5.26 Å². The highest BCUT2D eigenvalue weighted by atomic mass is 35.5. The number of hydrogen-bond acceptors (Lipinski definition) is 2. The first-order valence-corrected chi connectivity index (χ1v) is 5.40. The molecule has 0 aliphatic carbocycles. The van der Waals surface area contributed by atoms with Crippen molar-refractivity contribution in [2.45, 2.75) is 6.92 Å². The third kappa shape index (κ3) is 1.95. The van der Waals surface area contributed by atoms with Gasteiger partial charge >= 0.3 is 0 Å². The fourth-order valence-corrected chi connectivity index (χ4v) is 1.87. The smallest absolute Gasteiger partial charge is 0.273 e. The number of nitriles is 1. The number of para-hydroxylation sites is 1. The molecule has 0 radical (unpaired) electrons. The van der Waals surface area contributed by atoms with Gasteiger partial charge in [0.15, 0.2) is 0 Å². The van der Waals surface area contributed by atoms with Gasteiger partial charge in [-0.1, -0.05) is 23.7 Å². The highest BCUT2D eigenvalue weighted by Crippen LogP contribution is 2.19. The van der Waals surface area contributed by atoms with E-state index in [2.05, 4.69) is 0 Å². The fraction of sp³-hybridized carbons (Fsp3) is 0.0769. The first-order chi connectivity index (χ1) is 8.15. The molecule has 0 amide bonds. The summed E-state index contributed by atoms with van der Waals surface area (Å²) in [7, 11) is 0. The van der Waals surface area contributed by atoms with Crippen LogP contribution in [0.3, 0.4) is 0 Å². The van der Waals surface area contributed by atoms with E-state index in [1.165, 1.54) is 10.6 Å². The maximum Gasteiger partial charge on any atom is 0.273 e. The first-order valence-electron chi connectivity index (χ1n) is 5.03. The zero-order valence-electron chi connectivity index (χ0n) is 9.14. The van der Waals surface area contributed by atoms with Crippen molar-refractivity contribution in [3.05, 3.63) is 63.0 Å². The quantitative estimate of drug-likeness (QED) is 0.774. The summed E-state index contributed by atoms with van der Waals surface area (Å²) in [5.41, 5.74) is 1.09. The summed E-state index contributed by atoms with van der Waals surface area (Å²) in [5.74, 6) is 0. The topological polar surface area (TPSA) is 45.8 Å². The summed E-state index contributed by atoms with van der Waals surface area (Å²) in [4.78, 5) is 12.1. The lowest BCUT2D eigenvalue weighted by atomic mass is 10.2. The van der Waals surface area contributed by atoms with Crippen molar-refractivity contribution >= 4 is 11.6 Å². The van der Waals surface area contributed by atoms with E-state index in [0.717, 1.165) is 5.69 Å². The summed E-state index contributed by atoms with van der Waals surface area (Å²) in [6.07, 6.45) is 0. The molecule has 2 rings (SSSR count). The van der Waals surface area contributed by atoms with Crippen molar-refractivity contribution in [3.63, 3.8) is 0 Å². The molecule has 0 saturated carbocycles. The fourth-order valence-electron chi connectivity index (χ4n) is 1.65. The van der Waals surface area contributed by atoms with E-state index in [1.807, 2.05) is 6.07 Å². The van der Waals surface area contributed by atoms with Gasteiger partial charge in [0.05, 0.1) is 10.7 Å². The van der Waals surface area contributed by atoms with Crippen LogP contribution in [0.15, 0.2) is 41.2 Å². The van der Waals surface area contributed by atoms with Crippen LogP contribution >= 0.6 is 11.6 Å². The Hall–Kier alpha value is -2.05. The normalized spacial score (nSPS) is 9.94. The van der Waals surface area contributed by atoms with E-state index < -0.39 is 0 Å². The largest absolute Gasteiger partial charge is 0.279 e. The van der Waals surface area contributed by atoms with Gasteiger partial charge in [0.1, 0.15) is 11.6 Å². The second kappa shape index (κ2) is 4.44. The number of aryl methyl sites for hydroxylation is 1. The average molecular weight is 245 g/mol. The molecule has 0 fully saturated rings. The molecule has 0 bridgehead atoms. The molecule has 17 heavy (non-hydrogen) atoms. The molecular formula is C13H9ClN2O. The van der Waals surface area contributed by atoms with Gasteiger partial charge in [0, 0.05) is 5.69 Å². The minimum atomic E-state index is -0.347. The maximum atomic E-state index is 12.1. The van der Waals surface area contributed by atoms with Crippen LogP contribution in [-0.4, -0.2) is 4.57 Å². The molecule has 1 aromatic heterocycles. The second-order valence-electron chi connectivity index (χ2n) is 3.59. The lowest BCUT2D eigenvalue weighted by molar-refractivity contribution is 0.928. The van der Waals surface area contributed by atoms with Crippen LogP contribution < -0.4 is 5.56 Å². The Balaban J connectivity index is 2.82. The van der Waals surface area contributed by atoms with Gasteiger partial charge in [0.25, 0.3) is 5.56 Å². The molecule has 2 aromatic rings. The summed E-state index contributed by atoms with van der Waals surface area (Å²) in [6, 6.07) is 12.2. The molecular weight excluding hydrogens is 236 g/mol. The lowest BCUT2D eigenvalue weighted by Gasteiger charge is -2.11. The standard InChI is InChI=1S/C13H9ClN2O/c1-9-6-7-10(8-15)13(17)16(9)12-5-3-2-4-11(12)14/h2-7H,1H3. The summed E-state index contributed by atoms with van der Waals surface area (Å²) in [5, 5.41) is 9.33. The molecule has 0 aliphatic heterocycles. The van der Waals surface area contributed by atoms with E-state index in [1.54, 1.807) is 37.3 Å². The van der Waals surface area contributed by atoms with Crippen LogP contribution in [0.1, 0.15) is 11.3 Å². The Morgan fingerprint density at radius 3 is 2.59 bits per heavy atom. The van der Waals surface area contributed by atoms with E-state index >= 15 is 0 Å². The number of benzene rings is 1. The number of rotatable bonds is 1. The number of aromatic nitrogens is 1. The minimum absolute atomic E-state index is 0.107. The van der Waals surface area contributed by atoms with Crippen LogP contribution in [0.25, 0.3) is 5.69 Å². The van der Waals surface area contributed by atoms with Crippen molar-refractivity contribution in [3.8, 4) is 11.8 Å². The first kappa shape index (κ1) is 11.4. The van der Waals surface area contributed by atoms with Crippen molar-refractivity contribution in [2.75, 3.05) is 0 Å². The van der Waals surface area contributed by atoms with Crippen molar-refractivity contribution in [1.82, 2.24) is 4.57 Å². The van der Waals surface area contributed by atoms with Gasteiger partial charge in [0.2, 0.25) is 0 Å². The zero-order chi connectivity index (χ0) is 12.4. The molecule has 1 aromatic carbocycles. The van der Waals surface area contributed by atoms with Crippen molar-refractivity contribution in [2.24, 2.45) is 0 Å². The van der Waals surface area contributed by atoms with Gasteiger partial charge in [-0.3, -0.25) is 9.36 Å². The predicted molar refractivity (Wildman–Crippen MR) is 66.5 cm³/mol. The van der Waals surface area contributed by atoms with Gasteiger partial charge < -0.3 is 0 Å². The Bertz CT molecular complexity index is 668. The third-order valence-electron chi connectivity index (χ3n) is 2.49. The molecule has 0 spiro atoms. The SMILES string of the molecule is Cc1ccc(C#N)c(=O)n1-c1ccccc1Cl. The maximum absolute atomic E-state index is 12.1. The zero-order valence-corrected chi connectivity index (χ0v) is 9.90. The molecule has 1 heterocycles. The lowest BCUT2D eigenvalue weighted by Crippen LogP contribution is -2.22. The monoisotopic (exact) mass is 244 g/mol. The van der Waals surface area contributed by atoms with Gasteiger partial charge in [-0.15, -0.1) is 0 Å². The number of nitrogens with zero attached hydrogens (tertiary/aromatic N) is 2. The van der Waals surface area contributed by atoms with Crippen molar-refractivity contribution < 1.29 is 0 Å². The Kier molecular flexibility index (Phi) is 2.99. The van der Waals surface area contributed by atoms with E-state index in [9.17, 15) is 4.79 Å². The van der Waals surface area contributed by atoms with Gasteiger partial charge in [-0.05, 0) is 31.2 Å². The van der Waals surface area contributed by atoms with Gasteiger partial charge in [-0.25, -0.2) is 0 Å². The van der Waals surface area contributed by atoms with E-state index in [0.29, 0.717) is 10.7 Å². The Morgan fingerprint density at radius 2 is 1.94 bits per heavy atom. The molecule has 0 saturated heterocycles. The van der Waals surface area contributed by atoms with E-state index in [-0.39, 0.29) is 11.1 Å². The summed E-state index contributed by atoms with van der Waals surface area (Å²) >= 11 is 6.06. The Morgan fingerprint density at radius 1 is 1.24 bits per heavy atom. The molecule has 0 N–H and O–H groups in total. The number of pyridine rings is 1. The molecule has 84 valence electrons. The molecule has 0 atom stereocenters. The average Bonchev–Trinajstić information content (AvgIpc) is 2.32. The number of halogens is 1. The summed E-state index contributed by atoms with van der Waals surface area (Å²) < 4.78 is 1.45. The second-order valence-corrected chi connectivity index (χ2v) is 4.00. The highest BCUT2D eigenvalue weighted by molar-refractivity contribution is 6.32. The molecule has 0 unspecified atom stereocenters. The minimum Gasteiger partial charge on any atom is -0.279 e. The van der Waals surface area contributed by atoms with Crippen LogP contribution in [-0.2, 0) is 0 Å².